The van der Waals surface area contributed by atoms with Crippen molar-refractivity contribution >= 4 is 16.8 Å². The van der Waals surface area contributed by atoms with Crippen LogP contribution in [0.2, 0.25) is 0 Å². The minimum absolute atomic E-state index is 0.448. The standard InChI is InChI=1S/C19H20N4O/c20-19(24)17-9-15(8-16-11-22-23-18(16)17)13-5-3-12(4-6-13)14-2-1-7-21-10-14/h3-6,8-9,11,14,21H,1-2,7,10H2,(H2,20,24)(H,22,23)/t14-/m1/s1. The quantitative estimate of drug-likeness (QED) is 0.694. The number of nitrogens with zero attached hydrogens (tertiary/aromatic N) is 1. The number of amides is 1. The van der Waals surface area contributed by atoms with E-state index in [1.54, 1.807) is 6.20 Å². The normalized spacial score (nSPS) is 17.9. The van der Waals surface area contributed by atoms with Gasteiger partial charge in [0, 0.05) is 11.9 Å². The van der Waals surface area contributed by atoms with Gasteiger partial charge in [0.25, 0.3) is 5.91 Å². The molecule has 4 rings (SSSR count). The van der Waals surface area contributed by atoms with Gasteiger partial charge in [-0.15, -0.1) is 0 Å². The van der Waals surface area contributed by atoms with Crippen LogP contribution < -0.4 is 11.1 Å². The highest BCUT2D eigenvalue weighted by Gasteiger charge is 2.16. The molecule has 1 fully saturated rings. The molecule has 2 aromatic carbocycles. The van der Waals surface area contributed by atoms with Gasteiger partial charge in [0.2, 0.25) is 0 Å². The SMILES string of the molecule is NC(=O)c1cc(-c2ccc([C@@H]3CCCNC3)cc2)cc2cn[nH]c12. The maximum Gasteiger partial charge on any atom is 0.250 e. The van der Waals surface area contributed by atoms with Crippen molar-refractivity contribution in [3.8, 4) is 11.1 Å². The topological polar surface area (TPSA) is 83.8 Å². The van der Waals surface area contributed by atoms with Gasteiger partial charge >= 0.3 is 0 Å². The van der Waals surface area contributed by atoms with Gasteiger partial charge in [-0.2, -0.15) is 5.10 Å². The highest BCUT2D eigenvalue weighted by Crippen LogP contribution is 2.29. The van der Waals surface area contributed by atoms with Gasteiger partial charge in [-0.25, -0.2) is 0 Å². The molecular weight excluding hydrogens is 300 g/mol. The average Bonchev–Trinajstić information content (AvgIpc) is 3.10. The summed E-state index contributed by atoms with van der Waals surface area (Å²) < 4.78 is 0. The second kappa shape index (κ2) is 6.09. The van der Waals surface area contributed by atoms with Gasteiger partial charge in [-0.1, -0.05) is 24.3 Å². The fourth-order valence-corrected chi connectivity index (χ4v) is 3.50. The Morgan fingerprint density at radius 3 is 2.71 bits per heavy atom. The van der Waals surface area contributed by atoms with Crippen LogP contribution in [0, 0.1) is 0 Å². The highest BCUT2D eigenvalue weighted by molar-refractivity contribution is 6.06. The van der Waals surface area contributed by atoms with Crippen molar-refractivity contribution in [1.82, 2.24) is 15.5 Å². The lowest BCUT2D eigenvalue weighted by molar-refractivity contribution is 0.100. The van der Waals surface area contributed by atoms with E-state index >= 15 is 0 Å². The number of aromatic amines is 1. The Kier molecular flexibility index (Phi) is 3.78. The highest BCUT2D eigenvalue weighted by atomic mass is 16.1. The average molecular weight is 320 g/mol. The van der Waals surface area contributed by atoms with Crippen molar-refractivity contribution in [2.45, 2.75) is 18.8 Å². The second-order valence-corrected chi connectivity index (χ2v) is 6.39. The van der Waals surface area contributed by atoms with Gasteiger partial charge in [-0.05, 0) is 54.1 Å². The lowest BCUT2D eigenvalue weighted by Crippen LogP contribution is -2.28. The number of nitrogens with two attached hydrogens (primary N) is 1. The Hall–Kier alpha value is -2.66. The molecule has 3 aromatic rings. The first-order valence-corrected chi connectivity index (χ1v) is 8.30. The summed E-state index contributed by atoms with van der Waals surface area (Å²) in [5.74, 6) is 0.140. The molecule has 0 bridgehead atoms. The van der Waals surface area contributed by atoms with Gasteiger partial charge in [-0.3, -0.25) is 9.89 Å². The first-order valence-electron chi connectivity index (χ1n) is 8.30. The molecular formula is C19H20N4O. The monoisotopic (exact) mass is 320 g/mol. The Morgan fingerprint density at radius 2 is 2.00 bits per heavy atom. The molecule has 0 unspecified atom stereocenters. The van der Waals surface area contributed by atoms with Crippen LogP contribution in [0.1, 0.15) is 34.7 Å². The molecule has 1 atom stereocenters. The zero-order chi connectivity index (χ0) is 16.5. The number of rotatable bonds is 3. The van der Waals surface area contributed by atoms with Crippen LogP contribution in [-0.4, -0.2) is 29.2 Å². The first-order chi connectivity index (χ1) is 11.7. The zero-order valence-electron chi connectivity index (χ0n) is 13.4. The van der Waals surface area contributed by atoms with Crippen LogP contribution in [0.4, 0.5) is 0 Å². The smallest absolute Gasteiger partial charge is 0.250 e. The number of nitrogens with one attached hydrogen (secondary N) is 2. The number of piperidine rings is 1. The molecule has 1 amide bonds. The summed E-state index contributed by atoms with van der Waals surface area (Å²) in [5, 5.41) is 11.2. The van der Waals surface area contributed by atoms with E-state index in [1.807, 2.05) is 12.1 Å². The minimum atomic E-state index is -0.448. The summed E-state index contributed by atoms with van der Waals surface area (Å²) in [6, 6.07) is 12.5. The van der Waals surface area contributed by atoms with E-state index in [-0.39, 0.29) is 0 Å². The largest absolute Gasteiger partial charge is 0.366 e. The number of carbonyl (C=O) groups excluding carboxylic acids is 1. The maximum atomic E-state index is 11.7. The molecule has 5 heteroatoms. The third kappa shape index (κ3) is 2.67. The van der Waals surface area contributed by atoms with Crippen molar-refractivity contribution in [2.24, 2.45) is 5.73 Å². The van der Waals surface area contributed by atoms with Crippen molar-refractivity contribution in [3.63, 3.8) is 0 Å². The van der Waals surface area contributed by atoms with Gasteiger partial charge in [0.15, 0.2) is 0 Å². The van der Waals surface area contributed by atoms with E-state index in [4.69, 9.17) is 5.73 Å². The number of hydrogen-bond acceptors (Lipinski definition) is 3. The van der Waals surface area contributed by atoms with Gasteiger partial charge in [0.1, 0.15) is 0 Å². The molecule has 4 N–H and O–H groups in total. The van der Waals surface area contributed by atoms with Crippen LogP contribution >= 0.6 is 0 Å². The predicted molar refractivity (Wildman–Crippen MR) is 94.9 cm³/mol. The number of hydrogen-bond donors (Lipinski definition) is 3. The minimum Gasteiger partial charge on any atom is -0.366 e. The first kappa shape index (κ1) is 14.9. The molecule has 5 nitrogen and oxygen atoms in total. The summed E-state index contributed by atoms with van der Waals surface area (Å²) >= 11 is 0. The van der Waals surface area contributed by atoms with Crippen molar-refractivity contribution in [2.75, 3.05) is 13.1 Å². The third-order valence-corrected chi connectivity index (χ3v) is 4.83. The predicted octanol–water partition coefficient (Wildman–Crippen LogP) is 2.80. The van der Waals surface area contributed by atoms with Crippen LogP contribution in [-0.2, 0) is 0 Å². The molecule has 24 heavy (non-hydrogen) atoms. The number of primary amides is 1. The van der Waals surface area contributed by atoms with Crippen LogP contribution in [0.3, 0.4) is 0 Å². The van der Waals surface area contributed by atoms with E-state index < -0.39 is 5.91 Å². The molecule has 1 aliphatic heterocycles. The van der Waals surface area contributed by atoms with E-state index in [1.165, 1.54) is 18.4 Å². The van der Waals surface area contributed by atoms with Crippen LogP contribution in [0.5, 0.6) is 0 Å². The summed E-state index contributed by atoms with van der Waals surface area (Å²) in [6.07, 6.45) is 4.18. The van der Waals surface area contributed by atoms with Crippen LogP contribution in [0.15, 0.2) is 42.6 Å². The molecule has 1 saturated heterocycles. The zero-order valence-corrected chi connectivity index (χ0v) is 13.4. The molecule has 1 aliphatic rings. The third-order valence-electron chi connectivity index (χ3n) is 4.83. The number of carbonyl (C=O) groups is 1. The molecule has 0 radical (unpaired) electrons. The number of aromatic nitrogens is 2. The van der Waals surface area contributed by atoms with Gasteiger partial charge in [0.05, 0.1) is 17.3 Å². The van der Waals surface area contributed by atoms with Crippen molar-refractivity contribution in [1.29, 1.82) is 0 Å². The number of benzene rings is 2. The summed E-state index contributed by atoms with van der Waals surface area (Å²) in [4.78, 5) is 11.7. The Morgan fingerprint density at radius 1 is 1.17 bits per heavy atom. The van der Waals surface area contributed by atoms with Crippen LogP contribution in [0.25, 0.3) is 22.0 Å². The van der Waals surface area contributed by atoms with E-state index in [0.717, 1.165) is 29.6 Å². The van der Waals surface area contributed by atoms with E-state index in [9.17, 15) is 4.79 Å². The second-order valence-electron chi connectivity index (χ2n) is 6.39. The molecule has 0 saturated carbocycles. The van der Waals surface area contributed by atoms with E-state index in [0.29, 0.717) is 17.0 Å². The summed E-state index contributed by atoms with van der Waals surface area (Å²) in [7, 11) is 0. The Bertz CT molecular complexity index is 876. The number of fused-ring (bicyclic) bond motifs is 1. The van der Waals surface area contributed by atoms with Gasteiger partial charge < -0.3 is 11.1 Å². The molecule has 1 aromatic heterocycles. The van der Waals surface area contributed by atoms with E-state index in [2.05, 4.69) is 39.8 Å². The molecule has 0 spiro atoms. The Labute approximate surface area is 140 Å². The maximum absolute atomic E-state index is 11.7. The lowest BCUT2D eigenvalue weighted by Gasteiger charge is -2.23. The molecule has 2 heterocycles. The molecule has 122 valence electrons. The Balaban J connectivity index is 1.70. The molecule has 0 aliphatic carbocycles. The summed E-state index contributed by atoms with van der Waals surface area (Å²) in [6.45, 7) is 2.17. The number of H-pyrrole nitrogens is 1. The lowest BCUT2D eigenvalue weighted by atomic mass is 9.90. The summed E-state index contributed by atoms with van der Waals surface area (Å²) in [5.41, 5.74) is 10.1. The fourth-order valence-electron chi connectivity index (χ4n) is 3.50. The van der Waals surface area contributed by atoms with Crippen molar-refractivity contribution in [3.05, 3.63) is 53.7 Å². The van der Waals surface area contributed by atoms with Crippen molar-refractivity contribution < 1.29 is 4.79 Å². The fraction of sp³-hybridized carbons (Fsp3) is 0.263.